The fourth-order valence-corrected chi connectivity index (χ4v) is 1.64. The van der Waals surface area contributed by atoms with Crippen LogP contribution in [-0.4, -0.2) is 4.98 Å². The van der Waals surface area contributed by atoms with Crippen molar-refractivity contribution in [3.63, 3.8) is 0 Å². The number of aromatic nitrogens is 2. The van der Waals surface area contributed by atoms with Gasteiger partial charge in [-0.05, 0) is 30.2 Å². The maximum Gasteiger partial charge on any atom is 0.231 e. The van der Waals surface area contributed by atoms with Gasteiger partial charge in [-0.3, -0.25) is 0 Å². The average molecular weight is 211 g/mol. The molecule has 0 saturated carbocycles. The van der Waals surface area contributed by atoms with Crippen LogP contribution in [0.15, 0.2) is 43.2 Å². The van der Waals surface area contributed by atoms with Crippen LogP contribution in [0.5, 0.6) is 0 Å². The Hall–Kier alpha value is -1.96. The lowest BCUT2D eigenvalue weighted by Gasteiger charge is -2.01. The molecule has 16 heavy (non-hydrogen) atoms. The highest BCUT2D eigenvalue weighted by Gasteiger charge is 2.10. The Balaban J connectivity index is 2.57. The molecule has 0 aromatic carbocycles. The van der Waals surface area contributed by atoms with Crippen molar-refractivity contribution in [1.29, 1.82) is 0 Å². The van der Waals surface area contributed by atoms with Crippen molar-refractivity contribution in [2.45, 2.75) is 6.92 Å². The standard InChI is InChI=1S/C14H15N2/c1-4-12-5-7-15-13(10-12)14-9-11(2)6-8-16(14)3/h4-10H,1H2,2-3H3/q+1. The lowest BCUT2D eigenvalue weighted by molar-refractivity contribution is -0.660. The Morgan fingerprint density at radius 1 is 1.31 bits per heavy atom. The summed E-state index contributed by atoms with van der Waals surface area (Å²) in [5.41, 5.74) is 4.41. The normalized spacial score (nSPS) is 10.1. The van der Waals surface area contributed by atoms with Gasteiger partial charge in [0, 0.05) is 18.3 Å². The van der Waals surface area contributed by atoms with Crippen molar-refractivity contribution >= 4 is 6.08 Å². The number of aryl methyl sites for hydroxylation is 2. The van der Waals surface area contributed by atoms with E-state index in [0.29, 0.717) is 0 Å². The molecule has 0 N–H and O–H groups in total. The van der Waals surface area contributed by atoms with Crippen LogP contribution < -0.4 is 4.57 Å². The zero-order valence-corrected chi connectivity index (χ0v) is 9.64. The molecule has 2 heteroatoms. The molecule has 2 aromatic rings. The Morgan fingerprint density at radius 2 is 2.12 bits per heavy atom. The van der Waals surface area contributed by atoms with Crippen molar-refractivity contribution in [3.8, 4) is 11.4 Å². The van der Waals surface area contributed by atoms with Crippen LogP contribution in [-0.2, 0) is 7.05 Å². The molecule has 2 rings (SSSR count). The second kappa shape index (κ2) is 4.27. The summed E-state index contributed by atoms with van der Waals surface area (Å²) in [6.45, 7) is 5.86. The molecule has 0 unspecified atom stereocenters. The van der Waals surface area contributed by atoms with Crippen molar-refractivity contribution in [1.82, 2.24) is 4.98 Å². The lowest BCUT2D eigenvalue weighted by atomic mass is 10.1. The number of rotatable bonds is 2. The predicted molar refractivity (Wildman–Crippen MR) is 65.7 cm³/mol. The largest absolute Gasteiger partial charge is 0.250 e. The molecule has 0 saturated heterocycles. The Morgan fingerprint density at radius 3 is 2.88 bits per heavy atom. The molecule has 0 atom stereocenters. The summed E-state index contributed by atoms with van der Waals surface area (Å²) < 4.78 is 2.07. The molecule has 0 aliphatic rings. The van der Waals surface area contributed by atoms with Crippen LogP contribution in [0.1, 0.15) is 11.1 Å². The van der Waals surface area contributed by atoms with Crippen molar-refractivity contribution in [3.05, 3.63) is 54.4 Å². The van der Waals surface area contributed by atoms with E-state index in [4.69, 9.17) is 0 Å². The fraction of sp³-hybridized carbons (Fsp3) is 0.143. The van der Waals surface area contributed by atoms with E-state index >= 15 is 0 Å². The van der Waals surface area contributed by atoms with Gasteiger partial charge >= 0.3 is 0 Å². The topological polar surface area (TPSA) is 16.8 Å². The van der Waals surface area contributed by atoms with Crippen molar-refractivity contribution in [2.75, 3.05) is 0 Å². The third-order valence-corrected chi connectivity index (χ3v) is 2.59. The molecule has 2 nitrogen and oxygen atoms in total. The van der Waals surface area contributed by atoms with E-state index < -0.39 is 0 Å². The first kappa shape index (κ1) is 10.6. The maximum absolute atomic E-state index is 4.39. The van der Waals surface area contributed by atoms with Gasteiger partial charge in [0.15, 0.2) is 6.20 Å². The summed E-state index contributed by atoms with van der Waals surface area (Å²) in [6, 6.07) is 8.21. The number of hydrogen-bond acceptors (Lipinski definition) is 1. The molecular weight excluding hydrogens is 196 g/mol. The molecule has 0 aliphatic carbocycles. The highest BCUT2D eigenvalue weighted by atomic mass is 14.9. The minimum atomic E-state index is 0.976. The van der Waals surface area contributed by atoms with Crippen molar-refractivity contribution < 1.29 is 4.57 Å². The van der Waals surface area contributed by atoms with Crippen LogP contribution in [0.3, 0.4) is 0 Å². The lowest BCUT2D eigenvalue weighted by Crippen LogP contribution is -2.30. The molecule has 2 aromatic heterocycles. The number of nitrogens with zero attached hydrogens (tertiary/aromatic N) is 2. The van der Waals surface area contributed by atoms with Gasteiger partial charge in [-0.25, -0.2) is 4.98 Å². The summed E-state index contributed by atoms with van der Waals surface area (Å²) in [5, 5.41) is 0. The van der Waals surface area contributed by atoms with Crippen LogP contribution in [0.4, 0.5) is 0 Å². The van der Waals surface area contributed by atoms with Crippen LogP contribution in [0.2, 0.25) is 0 Å². The molecule has 0 aliphatic heterocycles. The minimum absolute atomic E-state index is 0.976. The molecular formula is C14H15N2+. The van der Waals surface area contributed by atoms with E-state index in [0.717, 1.165) is 17.0 Å². The Labute approximate surface area is 95.9 Å². The van der Waals surface area contributed by atoms with Gasteiger partial charge in [0.1, 0.15) is 12.7 Å². The maximum atomic E-state index is 4.39. The fourth-order valence-electron chi connectivity index (χ4n) is 1.64. The van der Waals surface area contributed by atoms with Gasteiger partial charge in [0.2, 0.25) is 5.69 Å². The molecule has 0 spiro atoms. The monoisotopic (exact) mass is 211 g/mol. The van der Waals surface area contributed by atoms with Gasteiger partial charge in [-0.15, -0.1) is 0 Å². The highest BCUT2D eigenvalue weighted by molar-refractivity contribution is 5.58. The highest BCUT2D eigenvalue weighted by Crippen LogP contribution is 2.15. The first-order valence-corrected chi connectivity index (χ1v) is 5.26. The summed E-state index contributed by atoms with van der Waals surface area (Å²) in [5.74, 6) is 0. The molecule has 2 heterocycles. The molecule has 0 radical (unpaired) electrons. The van der Waals surface area contributed by atoms with Crippen LogP contribution in [0.25, 0.3) is 17.5 Å². The second-order valence-electron chi connectivity index (χ2n) is 3.88. The van der Waals surface area contributed by atoms with E-state index in [2.05, 4.69) is 35.2 Å². The summed E-state index contributed by atoms with van der Waals surface area (Å²) in [7, 11) is 2.02. The summed E-state index contributed by atoms with van der Waals surface area (Å²) >= 11 is 0. The summed E-state index contributed by atoms with van der Waals surface area (Å²) in [4.78, 5) is 4.39. The van der Waals surface area contributed by atoms with Gasteiger partial charge in [0.25, 0.3) is 0 Å². The Kier molecular flexibility index (Phi) is 2.82. The number of hydrogen-bond donors (Lipinski definition) is 0. The Bertz CT molecular complexity index is 530. The van der Waals surface area contributed by atoms with Crippen LogP contribution in [0, 0.1) is 6.92 Å². The first-order chi connectivity index (χ1) is 7.70. The van der Waals surface area contributed by atoms with Gasteiger partial charge < -0.3 is 0 Å². The van der Waals surface area contributed by atoms with Crippen molar-refractivity contribution in [2.24, 2.45) is 7.05 Å². The van der Waals surface area contributed by atoms with Gasteiger partial charge in [-0.1, -0.05) is 12.7 Å². The zero-order chi connectivity index (χ0) is 11.5. The van der Waals surface area contributed by atoms with Gasteiger partial charge in [0.05, 0.1) is 0 Å². The van der Waals surface area contributed by atoms with Crippen LogP contribution >= 0.6 is 0 Å². The van der Waals surface area contributed by atoms with Gasteiger partial charge in [-0.2, -0.15) is 4.57 Å². The predicted octanol–water partition coefficient (Wildman–Crippen LogP) is 2.52. The zero-order valence-electron chi connectivity index (χ0n) is 9.64. The molecule has 0 fully saturated rings. The molecule has 0 bridgehead atoms. The van der Waals surface area contributed by atoms with E-state index in [1.807, 2.05) is 37.7 Å². The summed E-state index contributed by atoms with van der Waals surface area (Å²) in [6.07, 6.45) is 5.70. The first-order valence-electron chi connectivity index (χ1n) is 5.26. The van der Waals surface area contributed by atoms with E-state index in [9.17, 15) is 0 Å². The molecule has 80 valence electrons. The quantitative estimate of drug-likeness (QED) is 0.697. The SMILES string of the molecule is C=Cc1ccnc(-c2cc(C)cc[n+]2C)c1. The second-order valence-corrected chi connectivity index (χ2v) is 3.88. The molecule has 0 amide bonds. The average Bonchev–Trinajstić information content (AvgIpc) is 2.32. The van der Waals surface area contributed by atoms with E-state index in [-0.39, 0.29) is 0 Å². The third-order valence-electron chi connectivity index (χ3n) is 2.59. The van der Waals surface area contributed by atoms with E-state index in [1.165, 1.54) is 5.56 Å². The van der Waals surface area contributed by atoms with E-state index in [1.54, 1.807) is 0 Å². The smallest absolute Gasteiger partial charge is 0.231 e. The minimum Gasteiger partial charge on any atom is -0.250 e. The third kappa shape index (κ3) is 2.01. The number of pyridine rings is 2.